The monoisotopic (exact) mass is 296 g/mol. The van der Waals surface area contributed by atoms with Gasteiger partial charge in [0.05, 0.1) is 10.7 Å². The normalized spacial score (nSPS) is 10.7. The van der Waals surface area contributed by atoms with E-state index in [-0.39, 0.29) is 0 Å². The van der Waals surface area contributed by atoms with Crippen LogP contribution in [0.4, 0.5) is 0 Å². The molecular weight excluding hydrogens is 284 g/mol. The summed E-state index contributed by atoms with van der Waals surface area (Å²) in [6, 6.07) is 10.5. The first-order chi connectivity index (χ1) is 7.65. The van der Waals surface area contributed by atoms with Crippen molar-refractivity contribution in [2.45, 2.75) is 17.7 Å². The van der Waals surface area contributed by atoms with Gasteiger partial charge in [0, 0.05) is 17.3 Å². The predicted octanol–water partition coefficient (Wildman–Crippen LogP) is 3.78. The molecule has 0 N–H and O–H groups in total. The number of aryl methyl sites for hydroxylation is 2. The molecule has 0 radical (unpaired) electrons. The zero-order valence-electron chi connectivity index (χ0n) is 9.27. The van der Waals surface area contributed by atoms with Gasteiger partial charge in [-0.3, -0.25) is 4.68 Å². The van der Waals surface area contributed by atoms with Crippen LogP contribution in [0.5, 0.6) is 0 Å². The number of thioether (sulfide) groups is 1. The molecule has 0 aliphatic heterocycles. The molecule has 1 aromatic carbocycles. The lowest BCUT2D eigenvalue weighted by atomic mass is 10.2. The third-order valence-electron chi connectivity index (χ3n) is 2.23. The molecule has 0 unspecified atom stereocenters. The maximum absolute atomic E-state index is 4.33. The van der Waals surface area contributed by atoms with Gasteiger partial charge >= 0.3 is 0 Å². The van der Waals surface area contributed by atoms with Crippen molar-refractivity contribution in [3.05, 3.63) is 46.1 Å². The second kappa shape index (κ2) is 5.06. The molecule has 4 heteroatoms. The third kappa shape index (κ3) is 2.89. The maximum atomic E-state index is 4.33. The van der Waals surface area contributed by atoms with Crippen LogP contribution in [0.3, 0.4) is 0 Å². The van der Waals surface area contributed by atoms with E-state index in [1.807, 2.05) is 36.5 Å². The van der Waals surface area contributed by atoms with E-state index in [9.17, 15) is 0 Å². The highest BCUT2D eigenvalue weighted by molar-refractivity contribution is 9.10. The van der Waals surface area contributed by atoms with Crippen LogP contribution < -0.4 is 0 Å². The van der Waals surface area contributed by atoms with Gasteiger partial charge in [0.2, 0.25) is 0 Å². The fraction of sp³-hybridized carbons (Fsp3) is 0.250. The second-order valence-electron chi connectivity index (χ2n) is 3.67. The molecular formula is C12H13BrN2S. The van der Waals surface area contributed by atoms with Gasteiger partial charge in [0.25, 0.3) is 0 Å². The summed E-state index contributed by atoms with van der Waals surface area (Å²) in [6.45, 7) is 2.02. The van der Waals surface area contributed by atoms with Gasteiger partial charge in [-0.2, -0.15) is 5.10 Å². The Labute approximate surface area is 108 Å². The highest BCUT2D eigenvalue weighted by Gasteiger charge is 2.03. The number of benzene rings is 1. The Hall–Kier alpha value is -0.740. The van der Waals surface area contributed by atoms with E-state index < -0.39 is 0 Å². The molecule has 1 aromatic heterocycles. The number of rotatable bonds is 3. The summed E-state index contributed by atoms with van der Waals surface area (Å²) in [5.74, 6) is 0.971. The summed E-state index contributed by atoms with van der Waals surface area (Å²) >= 11 is 5.29. The van der Waals surface area contributed by atoms with Gasteiger partial charge in [-0.15, -0.1) is 11.8 Å². The Morgan fingerprint density at radius 2 is 2.19 bits per heavy atom. The summed E-state index contributed by atoms with van der Waals surface area (Å²) in [6.07, 6.45) is 0. The maximum Gasteiger partial charge on any atom is 0.0942 e. The van der Waals surface area contributed by atoms with Crippen LogP contribution in [-0.4, -0.2) is 9.78 Å². The average Bonchev–Trinajstić information content (AvgIpc) is 2.54. The lowest BCUT2D eigenvalue weighted by Crippen LogP contribution is -1.92. The van der Waals surface area contributed by atoms with Crippen molar-refractivity contribution in [1.82, 2.24) is 9.78 Å². The fourth-order valence-corrected chi connectivity index (χ4v) is 2.93. The van der Waals surface area contributed by atoms with E-state index in [4.69, 9.17) is 0 Å². The fourth-order valence-electron chi connectivity index (χ4n) is 1.51. The van der Waals surface area contributed by atoms with Crippen molar-refractivity contribution in [3.8, 4) is 0 Å². The Morgan fingerprint density at radius 3 is 2.81 bits per heavy atom. The smallest absolute Gasteiger partial charge is 0.0942 e. The van der Waals surface area contributed by atoms with Crippen molar-refractivity contribution in [1.29, 1.82) is 0 Å². The number of hydrogen-bond acceptors (Lipinski definition) is 2. The van der Waals surface area contributed by atoms with Crippen molar-refractivity contribution in [2.75, 3.05) is 0 Å². The third-order valence-corrected chi connectivity index (χ3v) is 3.88. The SMILES string of the molecule is Cc1cc(SCc2cccc(Br)c2)n(C)n1. The van der Waals surface area contributed by atoms with Crippen LogP contribution in [0.15, 0.2) is 39.8 Å². The molecule has 0 aliphatic rings. The molecule has 0 amide bonds. The molecule has 0 saturated heterocycles. The minimum absolute atomic E-state index is 0.971. The second-order valence-corrected chi connectivity index (χ2v) is 5.58. The van der Waals surface area contributed by atoms with Crippen molar-refractivity contribution >= 4 is 27.7 Å². The summed E-state index contributed by atoms with van der Waals surface area (Å²) < 4.78 is 3.06. The molecule has 2 rings (SSSR count). The van der Waals surface area contributed by atoms with Crippen LogP contribution in [-0.2, 0) is 12.8 Å². The Kier molecular flexibility index (Phi) is 3.71. The Morgan fingerprint density at radius 1 is 1.38 bits per heavy atom. The molecule has 0 spiro atoms. The lowest BCUT2D eigenvalue weighted by Gasteiger charge is -2.02. The largest absolute Gasteiger partial charge is 0.262 e. The topological polar surface area (TPSA) is 17.8 Å². The number of hydrogen-bond donors (Lipinski definition) is 0. The predicted molar refractivity (Wildman–Crippen MR) is 71.6 cm³/mol. The quantitative estimate of drug-likeness (QED) is 0.802. The Balaban J connectivity index is 2.05. The standard InChI is InChI=1S/C12H13BrN2S/c1-9-6-12(15(2)14-9)16-8-10-4-3-5-11(13)7-10/h3-7H,8H2,1-2H3. The molecule has 1 heterocycles. The molecule has 2 nitrogen and oxygen atoms in total. The van der Waals surface area contributed by atoms with Gasteiger partial charge in [-0.1, -0.05) is 28.1 Å². The zero-order chi connectivity index (χ0) is 11.5. The summed E-state index contributed by atoms with van der Waals surface area (Å²) in [5.41, 5.74) is 2.39. The van der Waals surface area contributed by atoms with Crippen LogP contribution in [0.1, 0.15) is 11.3 Å². The summed E-state index contributed by atoms with van der Waals surface area (Å²) in [5, 5.41) is 5.53. The zero-order valence-corrected chi connectivity index (χ0v) is 11.7. The van der Waals surface area contributed by atoms with E-state index >= 15 is 0 Å². The minimum Gasteiger partial charge on any atom is -0.262 e. The number of aromatic nitrogens is 2. The van der Waals surface area contributed by atoms with Crippen LogP contribution in [0.2, 0.25) is 0 Å². The lowest BCUT2D eigenvalue weighted by molar-refractivity contribution is 0.692. The van der Waals surface area contributed by atoms with Gasteiger partial charge in [-0.05, 0) is 30.7 Å². The van der Waals surface area contributed by atoms with E-state index in [2.05, 4.69) is 45.3 Å². The molecule has 0 saturated carbocycles. The molecule has 84 valence electrons. The molecule has 0 bridgehead atoms. The van der Waals surface area contributed by atoms with Gasteiger partial charge < -0.3 is 0 Å². The molecule has 2 aromatic rings. The molecule has 0 fully saturated rings. The van der Waals surface area contributed by atoms with Gasteiger partial charge in [0.1, 0.15) is 0 Å². The number of nitrogens with zero attached hydrogens (tertiary/aromatic N) is 2. The van der Waals surface area contributed by atoms with Gasteiger partial charge in [-0.25, -0.2) is 0 Å². The first-order valence-electron chi connectivity index (χ1n) is 5.03. The number of halogens is 1. The van der Waals surface area contributed by atoms with E-state index in [1.165, 1.54) is 10.6 Å². The highest BCUT2D eigenvalue weighted by Crippen LogP contribution is 2.24. The first-order valence-corrected chi connectivity index (χ1v) is 6.81. The van der Waals surface area contributed by atoms with Crippen LogP contribution >= 0.6 is 27.7 Å². The highest BCUT2D eigenvalue weighted by atomic mass is 79.9. The molecule has 0 aliphatic carbocycles. The van der Waals surface area contributed by atoms with Crippen LogP contribution in [0.25, 0.3) is 0 Å². The minimum atomic E-state index is 0.971. The summed E-state index contributed by atoms with van der Waals surface area (Å²) in [7, 11) is 1.98. The Bertz CT molecular complexity index is 494. The van der Waals surface area contributed by atoms with Crippen molar-refractivity contribution in [3.63, 3.8) is 0 Å². The van der Waals surface area contributed by atoms with E-state index in [0.717, 1.165) is 15.9 Å². The summed E-state index contributed by atoms with van der Waals surface area (Å²) in [4.78, 5) is 0. The van der Waals surface area contributed by atoms with Crippen molar-refractivity contribution < 1.29 is 0 Å². The molecule has 0 atom stereocenters. The van der Waals surface area contributed by atoms with E-state index in [0.29, 0.717) is 0 Å². The molecule has 16 heavy (non-hydrogen) atoms. The first kappa shape index (κ1) is 11.7. The van der Waals surface area contributed by atoms with Gasteiger partial charge in [0.15, 0.2) is 0 Å². The van der Waals surface area contributed by atoms with E-state index in [1.54, 1.807) is 0 Å². The van der Waals surface area contributed by atoms with Crippen molar-refractivity contribution in [2.24, 2.45) is 7.05 Å². The average molecular weight is 297 g/mol. The van der Waals surface area contributed by atoms with Crippen LogP contribution in [0, 0.1) is 6.92 Å².